The lowest BCUT2D eigenvalue weighted by atomic mass is 10.1. The summed E-state index contributed by atoms with van der Waals surface area (Å²) in [6, 6.07) is 12.5. The maximum atomic E-state index is 13.0. The molecule has 2 aliphatic rings. The second kappa shape index (κ2) is 9.06. The summed E-state index contributed by atoms with van der Waals surface area (Å²) in [5.74, 6) is -0.0459. The third kappa shape index (κ3) is 4.60. The lowest BCUT2D eigenvalue weighted by molar-refractivity contribution is 0.102. The van der Waals surface area contributed by atoms with Gasteiger partial charge >= 0.3 is 0 Å². The standard InChI is InChI=1S/C24H33N5O/c1-18-16-20(29-14-12-27(3)13-15-29)4-6-22(18)24(30)26-23-7-5-21(17-19(23)2)28-10-8-25-9-11-28/h4-7,16-17,25H,8-15H2,1-3H3,(H,26,30). The van der Waals surface area contributed by atoms with Crippen LogP contribution >= 0.6 is 0 Å². The van der Waals surface area contributed by atoms with E-state index in [2.05, 4.69) is 63.6 Å². The molecule has 2 aromatic rings. The minimum absolute atomic E-state index is 0.0459. The highest BCUT2D eigenvalue weighted by Gasteiger charge is 2.17. The average Bonchev–Trinajstić information content (AvgIpc) is 2.76. The molecule has 2 saturated heterocycles. The molecule has 6 heteroatoms. The first-order chi connectivity index (χ1) is 14.5. The van der Waals surface area contributed by atoms with E-state index >= 15 is 0 Å². The van der Waals surface area contributed by atoms with Crippen molar-refractivity contribution in [1.82, 2.24) is 10.2 Å². The Hall–Kier alpha value is -2.57. The van der Waals surface area contributed by atoms with Crippen LogP contribution < -0.4 is 20.4 Å². The monoisotopic (exact) mass is 407 g/mol. The van der Waals surface area contributed by atoms with Crippen LogP contribution in [0.1, 0.15) is 21.5 Å². The van der Waals surface area contributed by atoms with E-state index in [-0.39, 0.29) is 5.91 Å². The first-order valence-corrected chi connectivity index (χ1v) is 10.9. The van der Waals surface area contributed by atoms with Crippen LogP contribution in [0, 0.1) is 13.8 Å². The van der Waals surface area contributed by atoms with Gasteiger partial charge in [-0.1, -0.05) is 0 Å². The van der Waals surface area contributed by atoms with Gasteiger partial charge in [0.1, 0.15) is 0 Å². The topological polar surface area (TPSA) is 50.9 Å². The van der Waals surface area contributed by atoms with Crippen molar-refractivity contribution in [3.63, 3.8) is 0 Å². The normalized spacial score (nSPS) is 17.8. The molecule has 1 amide bonds. The number of benzene rings is 2. The number of anilines is 3. The molecule has 30 heavy (non-hydrogen) atoms. The predicted octanol–water partition coefficient (Wildman–Crippen LogP) is 2.72. The van der Waals surface area contributed by atoms with Gasteiger partial charge in [-0.25, -0.2) is 0 Å². The van der Waals surface area contributed by atoms with Crippen molar-refractivity contribution < 1.29 is 4.79 Å². The number of nitrogens with one attached hydrogen (secondary N) is 2. The third-order valence-electron chi connectivity index (χ3n) is 6.26. The fourth-order valence-electron chi connectivity index (χ4n) is 4.26. The number of carbonyl (C=O) groups is 1. The number of nitrogens with zero attached hydrogens (tertiary/aromatic N) is 3. The Morgan fingerprint density at radius 2 is 1.43 bits per heavy atom. The van der Waals surface area contributed by atoms with E-state index in [0.717, 1.165) is 74.7 Å². The van der Waals surface area contributed by atoms with Gasteiger partial charge in [-0.05, 0) is 68.4 Å². The van der Waals surface area contributed by atoms with E-state index < -0.39 is 0 Å². The van der Waals surface area contributed by atoms with Crippen LogP contribution in [0.25, 0.3) is 0 Å². The number of aryl methyl sites for hydroxylation is 2. The molecule has 0 aromatic heterocycles. The Labute approximate surface area is 179 Å². The second-order valence-electron chi connectivity index (χ2n) is 8.48. The Bertz CT molecular complexity index is 898. The molecule has 0 saturated carbocycles. The minimum atomic E-state index is -0.0459. The van der Waals surface area contributed by atoms with E-state index in [0.29, 0.717) is 0 Å². The van der Waals surface area contributed by atoms with Gasteiger partial charge in [-0.15, -0.1) is 0 Å². The predicted molar refractivity (Wildman–Crippen MR) is 125 cm³/mol. The largest absolute Gasteiger partial charge is 0.369 e. The molecule has 0 bridgehead atoms. The number of rotatable bonds is 4. The van der Waals surface area contributed by atoms with Crippen LogP contribution in [-0.4, -0.2) is 70.2 Å². The van der Waals surface area contributed by atoms with Crippen LogP contribution in [0.15, 0.2) is 36.4 Å². The molecular formula is C24H33N5O. The van der Waals surface area contributed by atoms with Crippen molar-refractivity contribution >= 4 is 23.0 Å². The van der Waals surface area contributed by atoms with Crippen molar-refractivity contribution in [2.24, 2.45) is 0 Å². The van der Waals surface area contributed by atoms with Crippen LogP contribution in [0.5, 0.6) is 0 Å². The molecule has 4 rings (SSSR count). The summed E-state index contributed by atoms with van der Waals surface area (Å²) in [6.07, 6.45) is 0. The Balaban J connectivity index is 1.44. The zero-order chi connectivity index (χ0) is 21.1. The lowest BCUT2D eigenvalue weighted by Crippen LogP contribution is -2.44. The van der Waals surface area contributed by atoms with Crippen LogP contribution in [-0.2, 0) is 0 Å². The number of likely N-dealkylation sites (N-methyl/N-ethyl adjacent to an activating group) is 1. The molecule has 2 aliphatic heterocycles. The molecule has 6 nitrogen and oxygen atoms in total. The average molecular weight is 408 g/mol. The van der Waals surface area contributed by atoms with E-state index in [1.807, 2.05) is 19.1 Å². The maximum absolute atomic E-state index is 13.0. The van der Waals surface area contributed by atoms with Gasteiger partial charge in [0.2, 0.25) is 0 Å². The van der Waals surface area contributed by atoms with E-state index in [9.17, 15) is 4.79 Å². The van der Waals surface area contributed by atoms with E-state index in [1.165, 1.54) is 11.4 Å². The van der Waals surface area contributed by atoms with Gasteiger partial charge in [0.05, 0.1) is 0 Å². The Morgan fingerprint density at radius 3 is 2.07 bits per heavy atom. The molecule has 0 unspecified atom stereocenters. The molecular weight excluding hydrogens is 374 g/mol. The molecule has 0 spiro atoms. The van der Waals surface area contributed by atoms with Gasteiger partial charge in [0.25, 0.3) is 5.91 Å². The molecule has 2 aromatic carbocycles. The summed E-state index contributed by atoms with van der Waals surface area (Å²) >= 11 is 0. The SMILES string of the molecule is Cc1cc(N2CCNCC2)ccc1NC(=O)c1ccc(N2CCN(C)CC2)cc1C. The summed E-state index contributed by atoms with van der Waals surface area (Å²) in [7, 11) is 2.16. The highest BCUT2D eigenvalue weighted by Crippen LogP contribution is 2.25. The van der Waals surface area contributed by atoms with Gasteiger partial charge in [-0.3, -0.25) is 4.79 Å². The number of amides is 1. The molecule has 0 atom stereocenters. The minimum Gasteiger partial charge on any atom is -0.369 e. The first kappa shape index (κ1) is 20.7. The summed E-state index contributed by atoms with van der Waals surface area (Å²) in [4.78, 5) is 20.1. The number of carbonyl (C=O) groups excluding carboxylic acids is 1. The van der Waals surface area contributed by atoms with Crippen LogP contribution in [0.2, 0.25) is 0 Å². The third-order valence-corrected chi connectivity index (χ3v) is 6.26. The first-order valence-electron chi connectivity index (χ1n) is 10.9. The van der Waals surface area contributed by atoms with Gasteiger partial charge in [0.15, 0.2) is 0 Å². The smallest absolute Gasteiger partial charge is 0.255 e. The lowest BCUT2D eigenvalue weighted by Gasteiger charge is -2.34. The summed E-state index contributed by atoms with van der Waals surface area (Å²) in [5, 5.41) is 6.50. The zero-order valence-electron chi connectivity index (χ0n) is 18.4. The van der Waals surface area contributed by atoms with Gasteiger partial charge in [0, 0.05) is 75.0 Å². The Morgan fingerprint density at radius 1 is 0.833 bits per heavy atom. The maximum Gasteiger partial charge on any atom is 0.255 e. The molecule has 0 radical (unpaired) electrons. The fraction of sp³-hybridized carbons (Fsp3) is 0.458. The molecule has 160 valence electrons. The van der Waals surface area contributed by atoms with Crippen molar-refractivity contribution in [3.05, 3.63) is 53.1 Å². The molecule has 2 fully saturated rings. The van der Waals surface area contributed by atoms with E-state index in [1.54, 1.807) is 0 Å². The Kier molecular flexibility index (Phi) is 6.25. The molecule has 2 N–H and O–H groups in total. The number of hydrogen-bond donors (Lipinski definition) is 2. The van der Waals surface area contributed by atoms with E-state index in [4.69, 9.17) is 0 Å². The second-order valence-corrected chi connectivity index (χ2v) is 8.48. The highest BCUT2D eigenvalue weighted by molar-refractivity contribution is 6.06. The van der Waals surface area contributed by atoms with Crippen molar-refractivity contribution in [3.8, 4) is 0 Å². The van der Waals surface area contributed by atoms with Crippen LogP contribution in [0.4, 0.5) is 17.1 Å². The van der Waals surface area contributed by atoms with Crippen molar-refractivity contribution in [1.29, 1.82) is 0 Å². The summed E-state index contributed by atoms with van der Waals surface area (Å²) in [6.45, 7) is 12.4. The fourth-order valence-corrected chi connectivity index (χ4v) is 4.26. The van der Waals surface area contributed by atoms with Crippen molar-refractivity contribution in [2.45, 2.75) is 13.8 Å². The number of piperazine rings is 2. The quantitative estimate of drug-likeness (QED) is 0.816. The summed E-state index contributed by atoms with van der Waals surface area (Å²) < 4.78 is 0. The highest BCUT2D eigenvalue weighted by atomic mass is 16.1. The van der Waals surface area contributed by atoms with Crippen LogP contribution in [0.3, 0.4) is 0 Å². The molecule has 0 aliphatic carbocycles. The zero-order valence-corrected chi connectivity index (χ0v) is 18.4. The van der Waals surface area contributed by atoms with Gasteiger partial charge < -0.3 is 25.3 Å². The summed E-state index contributed by atoms with van der Waals surface area (Å²) in [5.41, 5.74) is 6.14. The van der Waals surface area contributed by atoms with Gasteiger partial charge in [-0.2, -0.15) is 0 Å². The van der Waals surface area contributed by atoms with Crippen molar-refractivity contribution in [2.75, 3.05) is 74.5 Å². The molecule has 2 heterocycles. The number of hydrogen-bond acceptors (Lipinski definition) is 5.